The summed E-state index contributed by atoms with van der Waals surface area (Å²) in [7, 11) is 0. The van der Waals surface area contributed by atoms with Gasteiger partial charge in [-0.2, -0.15) is 0 Å². The maximum Gasteiger partial charge on any atom is 0.336 e. The predicted molar refractivity (Wildman–Crippen MR) is 114 cm³/mol. The molecular weight excluding hydrogens is 388 g/mol. The summed E-state index contributed by atoms with van der Waals surface area (Å²) in [6.45, 7) is 3.53. The third-order valence-electron chi connectivity index (χ3n) is 3.68. The second kappa shape index (κ2) is 16.6. The fraction of sp³-hybridized carbons (Fsp3) is 0.261. The summed E-state index contributed by atoms with van der Waals surface area (Å²) in [6.07, 6.45) is 4.66. The zero-order chi connectivity index (χ0) is 22.8. The molecule has 2 rings (SSSR count). The third kappa shape index (κ3) is 11.5. The maximum absolute atomic E-state index is 12.1. The van der Waals surface area contributed by atoms with E-state index in [-0.39, 0.29) is 30.1 Å². The van der Waals surface area contributed by atoms with Crippen LogP contribution in [0.5, 0.6) is 0 Å². The summed E-state index contributed by atoms with van der Waals surface area (Å²) in [5.74, 6) is -2.35. The maximum atomic E-state index is 12.1. The van der Waals surface area contributed by atoms with E-state index in [0.717, 1.165) is 31.8 Å². The molecule has 2 aromatic carbocycles. The summed E-state index contributed by atoms with van der Waals surface area (Å²) in [5.41, 5.74) is 0.730. The molecule has 0 atom stereocenters. The van der Waals surface area contributed by atoms with E-state index in [0.29, 0.717) is 5.56 Å². The van der Waals surface area contributed by atoms with Gasteiger partial charge in [-0.15, -0.1) is 0 Å². The smallest absolute Gasteiger partial charge is 0.336 e. The quantitative estimate of drug-likeness (QED) is 0.280. The van der Waals surface area contributed by atoms with Crippen molar-refractivity contribution >= 4 is 17.7 Å². The van der Waals surface area contributed by atoms with Gasteiger partial charge in [-0.25, -0.2) is 9.59 Å². The molecule has 0 spiro atoms. The first-order valence-electron chi connectivity index (χ1n) is 9.38. The minimum Gasteiger partial charge on any atom is -0.478 e. The van der Waals surface area contributed by atoms with Gasteiger partial charge in [0.1, 0.15) is 0 Å². The molecule has 0 bridgehead atoms. The fourth-order valence-electron chi connectivity index (χ4n) is 2.19. The van der Waals surface area contributed by atoms with E-state index in [2.05, 4.69) is 6.58 Å². The van der Waals surface area contributed by atoms with Gasteiger partial charge in [0.25, 0.3) is 0 Å². The van der Waals surface area contributed by atoms with Crippen LogP contribution in [0, 0.1) is 0 Å². The number of carbonyl (C=O) groups is 3. The summed E-state index contributed by atoms with van der Waals surface area (Å²) in [6, 6.07) is 14.8. The first-order chi connectivity index (χ1) is 14.4. The molecule has 7 heteroatoms. The van der Waals surface area contributed by atoms with Gasteiger partial charge in [0.05, 0.1) is 5.56 Å². The Morgan fingerprint density at radius 2 is 1.17 bits per heavy atom. The van der Waals surface area contributed by atoms with E-state index in [1.807, 2.05) is 0 Å². The summed E-state index contributed by atoms with van der Waals surface area (Å²) in [5, 5.41) is 33.2. The van der Waals surface area contributed by atoms with Crippen LogP contribution in [-0.2, 0) is 4.79 Å². The van der Waals surface area contributed by atoms with E-state index in [1.54, 1.807) is 42.5 Å². The second-order valence-corrected chi connectivity index (χ2v) is 5.95. The highest BCUT2D eigenvalue weighted by molar-refractivity contribution is 6.14. The van der Waals surface area contributed by atoms with E-state index in [9.17, 15) is 14.4 Å². The van der Waals surface area contributed by atoms with Gasteiger partial charge in [-0.3, -0.25) is 4.79 Å². The summed E-state index contributed by atoms with van der Waals surface area (Å²) >= 11 is 0. The average Bonchev–Trinajstić information content (AvgIpc) is 2.77. The van der Waals surface area contributed by atoms with Crippen LogP contribution in [0.2, 0.25) is 0 Å². The normalized spacial score (nSPS) is 9.27. The van der Waals surface area contributed by atoms with Gasteiger partial charge in [0.15, 0.2) is 5.78 Å². The first kappa shape index (κ1) is 26.7. The van der Waals surface area contributed by atoms with Crippen molar-refractivity contribution in [2.24, 2.45) is 0 Å². The van der Waals surface area contributed by atoms with Crippen molar-refractivity contribution in [3.05, 3.63) is 83.9 Å². The van der Waals surface area contributed by atoms with Crippen molar-refractivity contribution in [2.45, 2.75) is 25.7 Å². The number of benzene rings is 2. The Hall–Kier alpha value is -3.29. The number of aliphatic carboxylic acids is 1. The first-order valence-corrected chi connectivity index (χ1v) is 9.38. The molecule has 0 heterocycles. The number of unbranched alkanes of at least 4 members (excludes halogenated alkanes) is 3. The van der Waals surface area contributed by atoms with Gasteiger partial charge in [0.2, 0.25) is 0 Å². The van der Waals surface area contributed by atoms with E-state index in [1.165, 1.54) is 12.1 Å². The molecule has 2 aromatic rings. The number of aliphatic hydroxyl groups excluding tert-OH is 2. The Morgan fingerprint density at radius 1 is 0.733 bits per heavy atom. The zero-order valence-electron chi connectivity index (χ0n) is 16.7. The van der Waals surface area contributed by atoms with Crippen molar-refractivity contribution in [1.29, 1.82) is 0 Å². The number of hydrogen-bond donors (Lipinski definition) is 4. The highest BCUT2D eigenvalue weighted by Crippen LogP contribution is 2.14. The number of aromatic carboxylic acids is 1. The zero-order valence-corrected chi connectivity index (χ0v) is 16.7. The summed E-state index contributed by atoms with van der Waals surface area (Å²) < 4.78 is 0. The van der Waals surface area contributed by atoms with E-state index >= 15 is 0 Å². The van der Waals surface area contributed by atoms with Gasteiger partial charge in [-0.1, -0.05) is 68.0 Å². The van der Waals surface area contributed by atoms with Crippen LogP contribution in [0.25, 0.3) is 0 Å². The molecule has 0 fully saturated rings. The van der Waals surface area contributed by atoms with Crippen LogP contribution >= 0.6 is 0 Å². The molecule has 30 heavy (non-hydrogen) atoms. The molecule has 0 saturated carbocycles. The molecule has 0 amide bonds. The van der Waals surface area contributed by atoms with Crippen LogP contribution < -0.4 is 0 Å². The molecule has 0 radical (unpaired) electrons. The lowest BCUT2D eigenvalue weighted by Gasteiger charge is -2.04. The van der Waals surface area contributed by atoms with Crippen molar-refractivity contribution < 1.29 is 34.8 Å². The van der Waals surface area contributed by atoms with Crippen LogP contribution in [0.1, 0.15) is 52.0 Å². The van der Waals surface area contributed by atoms with Crippen LogP contribution in [-0.4, -0.2) is 51.4 Å². The Labute approximate surface area is 175 Å². The molecule has 0 aromatic heterocycles. The molecule has 0 aliphatic carbocycles. The molecule has 0 unspecified atom stereocenters. The number of ketones is 1. The van der Waals surface area contributed by atoms with Gasteiger partial charge in [0, 0.05) is 30.4 Å². The van der Waals surface area contributed by atoms with Crippen molar-refractivity contribution in [3.63, 3.8) is 0 Å². The van der Waals surface area contributed by atoms with Crippen LogP contribution in [0.4, 0.5) is 0 Å². The fourth-order valence-corrected chi connectivity index (χ4v) is 2.19. The summed E-state index contributed by atoms with van der Waals surface area (Å²) in [4.78, 5) is 32.4. The lowest BCUT2D eigenvalue weighted by molar-refractivity contribution is -0.131. The Bertz CT molecular complexity index is 779. The SMILES string of the molecule is C=CC(=O)O.O=C(O)c1ccccc1C(=O)c1ccccc1.OCCCCCCO. The number of hydrogen-bond acceptors (Lipinski definition) is 5. The standard InChI is InChI=1S/C14H10O3.C6H14O2.C3H4O2/c15-13(10-6-2-1-3-7-10)11-8-4-5-9-12(11)14(16)17;7-5-3-1-2-4-6-8;1-2-3(4)5/h1-9H,(H,16,17);7-8H,1-6H2;2H,1H2,(H,4,5). The Kier molecular flexibility index (Phi) is 14.8. The molecular formula is C23H28O7. The topological polar surface area (TPSA) is 132 Å². The molecule has 4 N–H and O–H groups in total. The van der Waals surface area contributed by atoms with Crippen molar-refractivity contribution in [3.8, 4) is 0 Å². The molecule has 0 saturated heterocycles. The molecule has 7 nitrogen and oxygen atoms in total. The Morgan fingerprint density at radius 3 is 1.57 bits per heavy atom. The lowest BCUT2D eigenvalue weighted by Crippen LogP contribution is -2.09. The average molecular weight is 416 g/mol. The van der Waals surface area contributed by atoms with Crippen molar-refractivity contribution in [2.75, 3.05) is 13.2 Å². The second-order valence-electron chi connectivity index (χ2n) is 5.95. The van der Waals surface area contributed by atoms with Crippen LogP contribution in [0.3, 0.4) is 0 Å². The molecule has 0 aliphatic heterocycles. The minimum absolute atomic E-state index is 0.0290. The molecule has 0 aliphatic rings. The third-order valence-corrected chi connectivity index (χ3v) is 3.68. The van der Waals surface area contributed by atoms with Crippen LogP contribution in [0.15, 0.2) is 67.3 Å². The monoisotopic (exact) mass is 416 g/mol. The van der Waals surface area contributed by atoms with E-state index < -0.39 is 11.9 Å². The van der Waals surface area contributed by atoms with Gasteiger partial charge in [-0.05, 0) is 18.9 Å². The van der Waals surface area contributed by atoms with Gasteiger partial charge >= 0.3 is 11.9 Å². The Balaban J connectivity index is 0.000000540. The molecule has 162 valence electrons. The lowest BCUT2D eigenvalue weighted by atomic mass is 9.98. The van der Waals surface area contributed by atoms with E-state index in [4.69, 9.17) is 20.4 Å². The minimum atomic E-state index is -1.09. The number of rotatable bonds is 9. The largest absolute Gasteiger partial charge is 0.478 e. The highest BCUT2D eigenvalue weighted by Gasteiger charge is 2.16. The van der Waals surface area contributed by atoms with Crippen molar-refractivity contribution in [1.82, 2.24) is 0 Å². The number of carboxylic acids is 2. The highest BCUT2D eigenvalue weighted by atomic mass is 16.4. The number of aliphatic hydroxyl groups is 2. The predicted octanol–water partition coefficient (Wildman–Crippen LogP) is 3.40. The number of carbonyl (C=O) groups excluding carboxylic acids is 1. The van der Waals surface area contributed by atoms with Gasteiger partial charge < -0.3 is 20.4 Å². The number of carboxylic acid groups (broad SMARTS) is 2.